The molecule has 1 amide bonds. The van der Waals surface area contributed by atoms with Gasteiger partial charge in [-0.15, -0.1) is 0 Å². The number of carbonyl (C=O) groups excluding carboxylic acids is 1. The molecule has 0 aliphatic heterocycles. The van der Waals surface area contributed by atoms with E-state index in [4.69, 9.17) is 0 Å². The van der Waals surface area contributed by atoms with Crippen molar-refractivity contribution >= 4 is 28.4 Å². The number of nitrogens with one attached hydrogen (secondary N) is 2. The maximum absolute atomic E-state index is 13.4. The first kappa shape index (κ1) is 24.1. The van der Waals surface area contributed by atoms with Gasteiger partial charge in [0.05, 0.1) is 47.6 Å². The van der Waals surface area contributed by atoms with Gasteiger partial charge in [-0.3, -0.25) is 9.78 Å². The van der Waals surface area contributed by atoms with Crippen LogP contribution in [0.2, 0.25) is 0 Å². The number of anilines is 2. The standard InChI is InChI=1S/C24H24F3N7O/c1-14(32-22(35)17-9-20-19(11-28-17)31-13-34(20)4)18-10-30-21(12-29-18)33-16-7-5-6-15(8-16)23(2,3)24(25,26)27/h5-14H,1-4H3,(H,30,33)(H,32,35). The fourth-order valence-corrected chi connectivity index (χ4v) is 3.42. The predicted molar refractivity (Wildman–Crippen MR) is 125 cm³/mol. The van der Waals surface area contributed by atoms with E-state index in [1.165, 1.54) is 24.5 Å². The van der Waals surface area contributed by atoms with Gasteiger partial charge in [-0.2, -0.15) is 13.2 Å². The Morgan fingerprint density at radius 1 is 1.03 bits per heavy atom. The monoisotopic (exact) mass is 483 g/mol. The Balaban J connectivity index is 1.43. The molecule has 11 heteroatoms. The van der Waals surface area contributed by atoms with Crippen molar-refractivity contribution < 1.29 is 18.0 Å². The van der Waals surface area contributed by atoms with Crippen LogP contribution in [0.4, 0.5) is 24.7 Å². The van der Waals surface area contributed by atoms with E-state index in [-0.39, 0.29) is 17.2 Å². The Hall–Kier alpha value is -4.02. The minimum absolute atomic E-state index is 0.133. The van der Waals surface area contributed by atoms with Crippen LogP contribution >= 0.6 is 0 Å². The number of aryl methyl sites for hydroxylation is 1. The van der Waals surface area contributed by atoms with Crippen molar-refractivity contribution in [3.63, 3.8) is 0 Å². The van der Waals surface area contributed by atoms with Crippen LogP contribution in [0, 0.1) is 0 Å². The topological polar surface area (TPSA) is 97.6 Å². The maximum Gasteiger partial charge on any atom is 0.397 e. The number of hydrogen-bond acceptors (Lipinski definition) is 6. The molecule has 1 aromatic carbocycles. The molecule has 182 valence electrons. The van der Waals surface area contributed by atoms with Crippen molar-refractivity contribution in [3.05, 3.63) is 72.2 Å². The van der Waals surface area contributed by atoms with Crippen molar-refractivity contribution in [1.82, 2.24) is 29.8 Å². The minimum Gasteiger partial charge on any atom is -0.343 e. The van der Waals surface area contributed by atoms with Gasteiger partial charge in [-0.1, -0.05) is 12.1 Å². The highest BCUT2D eigenvalue weighted by Crippen LogP contribution is 2.41. The maximum atomic E-state index is 13.4. The lowest BCUT2D eigenvalue weighted by Crippen LogP contribution is -2.36. The van der Waals surface area contributed by atoms with E-state index in [1.54, 1.807) is 42.2 Å². The number of benzene rings is 1. The normalized spacial score (nSPS) is 13.0. The highest BCUT2D eigenvalue weighted by Gasteiger charge is 2.48. The summed E-state index contributed by atoms with van der Waals surface area (Å²) < 4.78 is 42.0. The third-order valence-electron chi connectivity index (χ3n) is 5.87. The van der Waals surface area contributed by atoms with Crippen molar-refractivity contribution in [2.45, 2.75) is 38.4 Å². The molecule has 0 saturated heterocycles. The zero-order valence-electron chi connectivity index (χ0n) is 19.6. The largest absolute Gasteiger partial charge is 0.397 e. The molecular formula is C24H24F3N7O. The first-order chi connectivity index (χ1) is 16.5. The van der Waals surface area contributed by atoms with Gasteiger partial charge in [0, 0.05) is 12.7 Å². The predicted octanol–water partition coefficient (Wildman–Crippen LogP) is 4.83. The summed E-state index contributed by atoms with van der Waals surface area (Å²) in [5.41, 5.74) is 0.838. The molecule has 0 saturated carbocycles. The van der Waals surface area contributed by atoms with E-state index in [1.807, 2.05) is 7.05 Å². The van der Waals surface area contributed by atoms with Gasteiger partial charge in [0.25, 0.3) is 5.91 Å². The Labute approximate surface area is 199 Å². The average molecular weight is 483 g/mol. The highest BCUT2D eigenvalue weighted by atomic mass is 19.4. The molecule has 0 bridgehead atoms. The van der Waals surface area contributed by atoms with Crippen LogP contribution in [-0.2, 0) is 12.5 Å². The van der Waals surface area contributed by atoms with Gasteiger partial charge in [0.1, 0.15) is 17.0 Å². The third kappa shape index (κ3) is 4.93. The van der Waals surface area contributed by atoms with Gasteiger partial charge < -0.3 is 15.2 Å². The second-order valence-electron chi connectivity index (χ2n) is 8.76. The molecular weight excluding hydrogens is 459 g/mol. The minimum atomic E-state index is -4.38. The molecule has 0 radical (unpaired) electrons. The summed E-state index contributed by atoms with van der Waals surface area (Å²) in [6.07, 6.45) is 1.76. The van der Waals surface area contributed by atoms with Crippen LogP contribution < -0.4 is 10.6 Å². The number of fused-ring (bicyclic) bond motifs is 1. The number of rotatable bonds is 6. The van der Waals surface area contributed by atoms with E-state index < -0.39 is 17.6 Å². The van der Waals surface area contributed by atoms with Crippen molar-refractivity contribution in [3.8, 4) is 0 Å². The molecule has 0 aliphatic rings. The molecule has 3 aromatic heterocycles. The van der Waals surface area contributed by atoms with Crippen molar-refractivity contribution in [2.24, 2.45) is 7.05 Å². The number of carbonyl (C=O) groups is 1. The van der Waals surface area contributed by atoms with Gasteiger partial charge >= 0.3 is 6.18 Å². The van der Waals surface area contributed by atoms with Crippen LogP contribution in [0.15, 0.2) is 55.2 Å². The highest BCUT2D eigenvalue weighted by molar-refractivity contribution is 5.95. The number of alkyl halides is 3. The molecule has 8 nitrogen and oxygen atoms in total. The quantitative estimate of drug-likeness (QED) is 0.408. The van der Waals surface area contributed by atoms with Crippen LogP contribution in [0.3, 0.4) is 0 Å². The van der Waals surface area contributed by atoms with Crippen LogP contribution in [0.25, 0.3) is 11.0 Å². The Morgan fingerprint density at radius 3 is 2.49 bits per heavy atom. The van der Waals surface area contributed by atoms with Gasteiger partial charge in [-0.05, 0) is 44.5 Å². The number of hydrogen-bond donors (Lipinski definition) is 2. The molecule has 0 fully saturated rings. The number of nitrogens with zero attached hydrogens (tertiary/aromatic N) is 5. The van der Waals surface area contributed by atoms with Gasteiger partial charge in [-0.25, -0.2) is 15.0 Å². The molecule has 0 spiro atoms. The van der Waals surface area contributed by atoms with Crippen LogP contribution in [-0.4, -0.2) is 36.6 Å². The second-order valence-corrected chi connectivity index (χ2v) is 8.76. The lowest BCUT2D eigenvalue weighted by atomic mass is 9.84. The average Bonchev–Trinajstić information content (AvgIpc) is 3.19. The summed E-state index contributed by atoms with van der Waals surface area (Å²) in [5.74, 6) is -0.00809. The third-order valence-corrected chi connectivity index (χ3v) is 5.87. The molecule has 1 atom stereocenters. The number of pyridine rings is 1. The molecule has 0 aliphatic carbocycles. The zero-order valence-corrected chi connectivity index (χ0v) is 19.6. The summed E-state index contributed by atoms with van der Waals surface area (Å²) in [6.45, 7) is 4.04. The molecule has 35 heavy (non-hydrogen) atoms. The Bertz CT molecular complexity index is 1360. The summed E-state index contributed by atoms with van der Waals surface area (Å²) in [7, 11) is 1.83. The summed E-state index contributed by atoms with van der Waals surface area (Å²) in [5, 5.41) is 5.81. The molecule has 4 rings (SSSR count). The smallest absolute Gasteiger partial charge is 0.343 e. The summed E-state index contributed by atoms with van der Waals surface area (Å²) in [4.78, 5) is 29.6. The van der Waals surface area contributed by atoms with Gasteiger partial charge in [0.15, 0.2) is 0 Å². The fraction of sp³-hybridized carbons (Fsp3) is 0.292. The first-order valence-electron chi connectivity index (χ1n) is 10.8. The molecule has 1 unspecified atom stereocenters. The Kier molecular flexibility index (Phi) is 6.18. The first-order valence-corrected chi connectivity index (χ1v) is 10.8. The Morgan fingerprint density at radius 2 is 1.80 bits per heavy atom. The number of imidazole rings is 1. The number of halogens is 3. The molecule has 4 aromatic rings. The van der Waals surface area contributed by atoms with E-state index in [2.05, 4.69) is 30.6 Å². The second kappa shape index (κ2) is 8.97. The van der Waals surface area contributed by atoms with E-state index in [9.17, 15) is 18.0 Å². The SMILES string of the molecule is CC(NC(=O)c1cc2c(cn1)ncn2C)c1cnc(Nc2cccc(C(C)(C)C(F)(F)F)c2)cn1. The fourth-order valence-electron chi connectivity index (χ4n) is 3.42. The molecule has 3 heterocycles. The lowest BCUT2D eigenvalue weighted by Gasteiger charge is -2.28. The summed E-state index contributed by atoms with van der Waals surface area (Å²) >= 11 is 0. The summed E-state index contributed by atoms with van der Waals surface area (Å²) in [6, 6.07) is 7.31. The lowest BCUT2D eigenvalue weighted by molar-refractivity contribution is -0.180. The van der Waals surface area contributed by atoms with Crippen molar-refractivity contribution in [2.75, 3.05) is 5.32 Å². The van der Waals surface area contributed by atoms with E-state index in [0.29, 0.717) is 22.7 Å². The van der Waals surface area contributed by atoms with E-state index in [0.717, 1.165) is 19.4 Å². The number of amides is 1. The zero-order chi connectivity index (χ0) is 25.4. The van der Waals surface area contributed by atoms with Gasteiger partial charge in [0.2, 0.25) is 0 Å². The van der Waals surface area contributed by atoms with E-state index >= 15 is 0 Å². The van der Waals surface area contributed by atoms with Crippen LogP contribution in [0.5, 0.6) is 0 Å². The number of aromatic nitrogens is 5. The molecule has 2 N–H and O–H groups in total. The van der Waals surface area contributed by atoms with Crippen molar-refractivity contribution in [1.29, 1.82) is 0 Å². The van der Waals surface area contributed by atoms with Crippen LogP contribution in [0.1, 0.15) is 48.6 Å².